The third-order valence-corrected chi connectivity index (χ3v) is 8.19. The van der Waals surface area contributed by atoms with Crippen molar-refractivity contribution >= 4 is 52.6 Å². The lowest BCUT2D eigenvalue weighted by molar-refractivity contribution is -0.288. The summed E-state index contributed by atoms with van der Waals surface area (Å²) in [6, 6.07) is 9.08. The quantitative estimate of drug-likeness (QED) is 0.139. The summed E-state index contributed by atoms with van der Waals surface area (Å²) in [5.74, 6) is -2.78. The number of hydrogen-bond donors (Lipinski definition) is 1. The van der Waals surface area contributed by atoms with Crippen molar-refractivity contribution in [2.24, 2.45) is 5.92 Å². The normalized spacial score (nSPS) is 32.0. The van der Waals surface area contributed by atoms with Crippen LogP contribution >= 0.6 is 34.8 Å². The van der Waals surface area contributed by atoms with Gasteiger partial charge in [-0.15, -0.1) is 0 Å². The molecule has 0 aliphatic carbocycles. The van der Waals surface area contributed by atoms with Gasteiger partial charge in [0.1, 0.15) is 43.7 Å². The molecular weight excluding hydrogens is 661 g/mol. The number of alkyl halides is 3. The number of methoxy groups -OCH3 is 5. The van der Waals surface area contributed by atoms with E-state index in [-0.39, 0.29) is 19.6 Å². The highest BCUT2D eigenvalue weighted by atomic mass is 35.6. The molecule has 2 saturated heterocycles. The molecule has 13 nitrogen and oxygen atoms in total. The van der Waals surface area contributed by atoms with E-state index < -0.39 is 82.7 Å². The van der Waals surface area contributed by atoms with Gasteiger partial charge in [-0.3, -0.25) is 10.2 Å². The van der Waals surface area contributed by atoms with E-state index in [4.69, 9.17) is 87.6 Å². The molecule has 2 aliphatic heterocycles. The van der Waals surface area contributed by atoms with E-state index in [1.54, 1.807) is 12.1 Å². The lowest BCUT2D eigenvalue weighted by Crippen LogP contribution is -2.64. The topological polar surface area (TPSA) is 150 Å². The number of carbonyl (C=O) groups excluding carboxylic acids is 2. The maximum atomic E-state index is 13.7. The number of benzene rings is 1. The summed E-state index contributed by atoms with van der Waals surface area (Å²) in [5, 5.41) is 8.10. The smallest absolute Gasteiger partial charge is 0.336 e. The van der Waals surface area contributed by atoms with Gasteiger partial charge >= 0.3 is 11.9 Å². The summed E-state index contributed by atoms with van der Waals surface area (Å²) in [5.41, 5.74) is 0.749. The predicted octanol–water partition coefficient (Wildman–Crippen LogP) is 3.23. The highest BCUT2D eigenvalue weighted by molar-refractivity contribution is 6.76. The standard InChI is InChI=1S/C29H40Cl3NO12/c1-15(34)41-14-19-23(38-4)24(39-5)22(37-3)18(43-19)12-17-20(36-2)25(40-6)27(45-28(33)29(30,31)32)44-21(17)26(35)42-13-16-10-8-7-9-11-16/h7-11,17-25,27,33H,12-14H2,1-6H3/t17-,18+,19+,20-,21-,22-,23+,24+,25+,27?/m0/s1. The van der Waals surface area contributed by atoms with E-state index in [0.717, 1.165) is 5.56 Å². The predicted molar refractivity (Wildman–Crippen MR) is 161 cm³/mol. The minimum absolute atomic E-state index is 0.0422. The van der Waals surface area contributed by atoms with E-state index >= 15 is 0 Å². The molecule has 0 spiro atoms. The van der Waals surface area contributed by atoms with Crippen LogP contribution in [0, 0.1) is 11.3 Å². The first-order chi connectivity index (χ1) is 21.4. The van der Waals surface area contributed by atoms with Gasteiger partial charge in [0.2, 0.25) is 12.2 Å². The summed E-state index contributed by atoms with van der Waals surface area (Å²) in [4.78, 5) is 25.3. The van der Waals surface area contributed by atoms with Crippen molar-refractivity contribution in [2.45, 2.75) is 78.9 Å². The highest BCUT2D eigenvalue weighted by Gasteiger charge is 2.55. The van der Waals surface area contributed by atoms with Gasteiger partial charge in [0.25, 0.3) is 3.79 Å². The van der Waals surface area contributed by atoms with Gasteiger partial charge in [-0.25, -0.2) is 4.79 Å². The Balaban J connectivity index is 1.98. The zero-order valence-corrected chi connectivity index (χ0v) is 28.1. The summed E-state index contributed by atoms with van der Waals surface area (Å²) in [6.07, 6.45) is -8.02. The zero-order valence-electron chi connectivity index (χ0n) is 25.8. The van der Waals surface area contributed by atoms with Crippen molar-refractivity contribution < 1.29 is 57.0 Å². The lowest BCUT2D eigenvalue weighted by atomic mass is 9.81. The molecule has 0 radical (unpaired) electrons. The summed E-state index contributed by atoms with van der Waals surface area (Å²) in [6.45, 7) is 1.13. The minimum atomic E-state index is -2.21. The number of carbonyl (C=O) groups is 2. The zero-order chi connectivity index (χ0) is 33.3. The van der Waals surface area contributed by atoms with Crippen LogP contribution < -0.4 is 0 Å². The van der Waals surface area contributed by atoms with Crippen LogP contribution in [0.2, 0.25) is 0 Å². The van der Waals surface area contributed by atoms with E-state index in [1.165, 1.54) is 42.5 Å². The Morgan fingerprint density at radius 3 is 1.91 bits per heavy atom. The number of ether oxygens (including phenoxy) is 10. The van der Waals surface area contributed by atoms with Gasteiger partial charge in [-0.1, -0.05) is 65.1 Å². The molecule has 45 heavy (non-hydrogen) atoms. The molecule has 16 heteroatoms. The number of halogens is 3. The van der Waals surface area contributed by atoms with Crippen LogP contribution in [0.1, 0.15) is 18.9 Å². The minimum Gasteiger partial charge on any atom is -0.463 e. The summed E-state index contributed by atoms with van der Waals surface area (Å²) in [7, 11) is 7.29. The third-order valence-electron chi connectivity index (χ3n) is 7.68. The molecule has 0 aromatic heterocycles. The molecule has 1 unspecified atom stereocenters. The first-order valence-electron chi connectivity index (χ1n) is 14.0. The summed E-state index contributed by atoms with van der Waals surface area (Å²) >= 11 is 17.6. The van der Waals surface area contributed by atoms with Crippen molar-refractivity contribution in [1.82, 2.24) is 0 Å². The van der Waals surface area contributed by atoms with Crippen molar-refractivity contribution in [3.05, 3.63) is 35.9 Å². The first kappa shape index (κ1) is 37.7. The van der Waals surface area contributed by atoms with Gasteiger partial charge in [0.15, 0.2) is 6.10 Å². The maximum Gasteiger partial charge on any atom is 0.336 e. The largest absolute Gasteiger partial charge is 0.463 e. The molecule has 2 aliphatic rings. The van der Waals surface area contributed by atoms with Crippen LogP contribution in [0.3, 0.4) is 0 Å². The van der Waals surface area contributed by atoms with Crippen LogP contribution in [0.15, 0.2) is 30.3 Å². The second kappa shape index (κ2) is 17.4. The second-order valence-electron chi connectivity index (χ2n) is 10.4. The third kappa shape index (κ3) is 9.63. The van der Waals surface area contributed by atoms with E-state index in [0.29, 0.717) is 0 Å². The Kier molecular flexibility index (Phi) is 14.6. The van der Waals surface area contributed by atoms with Crippen LogP contribution in [-0.4, -0.2) is 119 Å². The molecule has 1 aromatic rings. The first-order valence-corrected chi connectivity index (χ1v) is 15.1. The molecular formula is C29H40Cl3NO12. The molecule has 10 atom stereocenters. The SMILES string of the molecule is CO[C@@H]1[C@@H](OC)[C@@H](C[C@H]2[C@H](OC)[C@@H](OC)C(OC(=N)C(Cl)(Cl)Cl)O[C@@H]2C(=O)OCc2ccccc2)O[C@H](COC(C)=O)[C@H]1OC. The Labute approximate surface area is 277 Å². The Hall–Kier alpha value is -1.78. The van der Waals surface area contributed by atoms with Crippen LogP contribution in [0.5, 0.6) is 0 Å². The van der Waals surface area contributed by atoms with Crippen molar-refractivity contribution in [2.75, 3.05) is 42.2 Å². The number of nitrogens with one attached hydrogen (secondary N) is 1. The number of hydrogen-bond acceptors (Lipinski definition) is 13. The van der Waals surface area contributed by atoms with Gasteiger partial charge < -0.3 is 47.4 Å². The number of rotatable bonds is 13. The maximum absolute atomic E-state index is 13.7. The van der Waals surface area contributed by atoms with Crippen molar-refractivity contribution in [1.29, 1.82) is 5.41 Å². The molecule has 2 fully saturated rings. The Bertz CT molecular complexity index is 1110. The van der Waals surface area contributed by atoms with E-state index in [1.807, 2.05) is 18.2 Å². The average Bonchev–Trinajstić information content (AvgIpc) is 3.02. The van der Waals surface area contributed by atoms with Crippen LogP contribution in [-0.2, 0) is 63.6 Å². The van der Waals surface area contributed by atoms with E-state index in [9.17, 15) is 9.59 Å². The second-order valence-corrected chi connectivity index (χ2v) is 12.7. The number of esters is 2. The Morgan fingerprint density at radius 1 is 0.800 bits per heavy atom. The molecule has 0 amide bonds. The van der Waals surface area contributed by atoms with Crippen molar-refractivity contribution in [3.63, 3.8) is 0 Å². The molecule has 3 rings (SSSR count). The fourth-order valence-electron chi connectivity index (χ4n) is 5.65. The monoisotopic (exact) mass is 699 g/mol. The average molecular weight is 701 g/mol. The summed E-state index contributed by atoms with van der Waals surface area (Å²) < 4.78 is 55.6. The van der Waals surface area contributed by atoms with Crippen LogP contribution in [0.25, 0.3) is 0 Å². The lowest BCUT2D eigenvalue weighted by Gasteiger charge is -2.49. The molecule has 1 N–H and O–H groups in total. The molecule has 0 saturated carbocycles. The van der Waals surface area contributed by atoms with Gasteiger partial charge in [-0.05, 0) is 12.0 Å². The van der Waals surface area contributed by atoms with Crippen LogP contribution in [0.4, 0.5) is 0 Å². The Morgan fingerprint density at radius 2 is 1.38 bits per heavy atom. The molecule has 1 aromatic carbocycles. The highest BCUT2D eigenvalue weighted by Crippen LogP contribution is 2.39. The fraction of sp³-hybridized carbons (Fsp3) is 0.690. The van der Waals surface area contributed by atoms with Gasteiger partial charge in [0.05, 0.1) is 12.2 Å². The van der Waals surface area contributed by atoms with E-state index in [2.05, 4.69) is 0 Å². The van der Waals surface area contributed by atoms with Gasteiger partial charge in [-0.2, -0.15) is 0 Å². The molecule has 0 bridgehead atoms. The van der Waals surface area contributed by atoms with Gasteiger partial charge in [0, 0.05) is 48.4 Å². The van der Waals surface area contributed by atoms with Crippen molar-refractivity contribution in [3.8, 4) is 0 Å². The molecule has 254 valence electrons. The fourth-order valence-corrected chi connectivity index (χ4v) is 5.78. The molecule has 2 heterocycles.